The second kappa shape index (κ2) is 10.2. The zero-order valence-corrected chi connectivity index (χ0v) is 16.3. The van der Waals surface area contributed by atoms with Crippen molar-refractivity contribution >= 4 is 17.2 Å². The number of nitrogens with one attached hydrogen (secondary N) is 1. The van der Waals surface area contributed by atoms with Crippen LogP contribution in [0, 0.1) is 0 Å². The van der Waals surface area contributed by atoms with Gasteiger partial charge in [-0.1, -0.05) is 12.8 Å². The number of carbonyl (C=O) groups excluding carboxylic acids is 1. The standard InChI is InChI=1S/C20H29NO5S/c22-8-3-4-9-25-19-12-15(14-7-10-27-13-14)11-18(26-19)20(24)21-16-5-1-2-6-17(16)23/h7,10-11,13,15-17,19,22-23H,1-6,8-9,12H2,(H,21,24)/t15-,16?,17?,19+/m0/s1. The fourth-order valence-corrected chi connectivity index (χ4v) is 4.31. The average Bonchev–Trinajstić information content (AvgIpc) is 3.22. The van der Waals surface area contributed by atoms with Gasteiger partial charge in [-0.15, -0.1) is 0 Å². The normalized spacial score (nSPS) is 28.3. The molecule has 1 saturated carbocycles. The average molecular weight is 396 g/mol. The third-order valence-corrected chi connectivity index (χ3v) is 5.86. The van der Waals surface area contributed by atoms with E-state index < -0.39 is 12.4 Å². The fraction of sp³-hybridized carbons (Fsp3) is 0.650. The second-order valence-electron chi connectivity index (χ2n) is 7.21. The molecule has 3 rings (SSSR count). The van der Waals surface area contributed by atoms with Crippen molar-refractivity contribution in [3.63, 3.8) is 0 Å². The minimum Gasteiger partial charge on any atom is -0.459 e. The highest BCUT2D eigenvalue weighted by molar-refractivity contribution is 7.08. The van der Waals surface area contributed by atoms with Gasteiger partial charge >= 0.3 is 0 Å². The number of ether oxygens (including phenoxy) is 2. The molecule has 0 radical (unpaired) electrons. The summed E-state index contributed by atoms with van der Waals surface area (Å²) >= 11 is 1.63. The molecule has 7 heteroatoms. The molecule has 0 aromatic carbocycles. The van der Waals surface area contributed by atoms with Crippen molar-refractivity contribution in [2.75, 3.05) is 13.2 Å². The summed E-state index contributed by atoms with van der Waals surface area (Å²) in [7, 11) is 0. The predicted octanol–water partition coefficient (Wildman–Crippen LogP) is 2.67. The van der Waals surface area contributed by atoms with E-state index in [9.17, 15) is 9.90 Å². The Balaban J connectivity index is 1.65. The Morgan fingerprint density at radius 1 is 1.33 bits per heavy atom. The van der Waals surface area contributed by atoms with Crippen LogP contribution in [0.1, 0.15) is 56.4 Å². The molecule has 0 bridgehead atoms. The molecule has 1 aromatic heterocycles. The molecular formula is C20H29NO5S. The number of hydrogen-bond donors (Lipinski definition) is 3. The van der Waals surface area contributed by atoms with E-state index in [0.717, 1.165) is 37.7 Å². The van der Waals surface area contributed by atoms with E-state index in [2.05, 4.69) is 16.8 Å². The number of thiophene rings is 1. The van der Waals surface area contributed by atoms with Gasteiger partial charge in [0.25, 0.3) is 5.91 Å². The Hall–Kier alpha value is -1.41. The lowest BCUT2D eigenvalue weighted by Gasteiger charge is -2.32. The molecule has 27 heavy (non-hydrogen) atoms. The lowest BCUT2D eigenvalue weighted by Crippen LogP contribution is -2.46. The van der Waals surface area contributed by atoms with Gasteiger partial charge in [0.05, 0.1) is 18.8 Å². The summed E-state index contributed by atoms with van der Waals surface area (Å²) in [6.45, 7) is 0.626. The molecular weight excluding hydrogens is 366 g/mol. The summed E-state index contributed by atoms with van der Waals surface area (Å²) in [5.41, 5.74) is 1.15. The van der Waals surface area contributed by atoms with E-state index in [1.54, 1.807) is 11.3 Å². The number of aliphatic hydroxyl groups excluding tert-OH is 2. The molecule has 150 valence electrons. The van der Waals surface area contributed by atoms with Crippen molar-refractivity contribution < 1.29 is 24.5 Å². The summed E-state index contributed by atoms with van der Waals surface area (Å²) in [5, 5.41) is 26.0. The maximum absolute atomic E-state index is 12.7. The van der Waals surface area contributed by atoms with Crippen LogP contribution in [-0.2, 0) is 14.3 Å². The van der Waals surface area contributed by atoms with E-state index in [1.807, 2.05) is 11.5 Å². The molecule has 1 aliphatic carbocycles. The molecule has 6 nitrogen and oxygen atoms in total. The number of aliphatic hydroxyl groups is 2. The quantitative estimate of drug-likeness (QED) is 0.589. The van der Waals surface area contributed by atoms with Gasteiger partial charge in [0.2, 0.25) is 6.29 Å². The van der Waals surface area contributed by atoms with Crippen molar-refractivity contribution in [1.29, 1.82) is 0 Å². The van der Waals surface area contributed by atoms with Gasteiger partial charge in [-0.2, -0.15) is 11.3 Å². The van der Waals surface area contributed by atoms with E-state index in [4.69, 9.17) is 14.6 Å². The van der Waals surface area contributed by atoms with Gasteiger partial charge in [-0.25, -0.2) is 0 Å². The second-order valence-corrected chi connectivity index (χ2v) is 7.99. The van der Waals surface area contributed by atoms with Crippen LogP contribution in [-0.4, -0.2) is 47.8 Å². The Bertz CT molecular complexity index is 618. The summed E-state index contributed by atoms with van der Waals surface area (Å²) in [4.78, 5) is 12.7. The first-order valence-electron chi connectivity index (χ1n) is 9.79. The Morgan fingerprint density at radius 3 is 2.93 bits per heavy atom. The number of unbranched alkanes of at least 4 members (excludes halogenated alkanes) is 1. The minimum atomic E-state index is -0.495. The minimum absolute atomic E-state index is 0.0601. The number of amides is 1. The van der Waals surface area contributed by atoms with Gasteiger partial charge < -0.3 is 25.0 Å². The molecule has 1 aromatic rings. The molecule has 3 N–H and O–H groups in total. The van der Waals surface area contributed by atoms with Crippen LogP contribution >= 0.6 is 11.3 Å². The zero-order valence-electron chi connectivity index (χ0n) is 15.5. The Morgan fingerprint density at radius 2 is 2.19 bits per heavy atom. The summed E-state index contributed by atoms with van der Waals surface area (Å²) in [6, 6.07) is 1.83. The van der Waals surface area contributed by atoms with Gasteiger partial charge in [-0.05, 0) is 54.1 Å². The van der Waals surface area contributed by atoms with Crippen molar-refractivity contribution in [2.45, 2.75) is 69.3 Å². The first-order valence-corrected chi connectivity index (χ1v) is 10.7. The molecule has 1 aliphatic heterocycles. The summed E-state index contributed by atoms with van der Waals surface area (Å²) < 4.78 is 11.6. The third-order valence-electron chi connectivity index (χ3n) is 5.15. The largest absolute Gasteiger partial charge is 0.459 e. The highest BCUT2D eigenvalue weighted by Gasteiger charge is 2.31. The first-order chi connectivity index (χ1) is 13.2. The number of rotatable bonds is 8. The number of carbonyl (C=O) groups is 1. The monoisotopic (exact) mass is 395 g/mol. The van der Waals surface area contributed by atoms with Gasteiger partial charge in [0.15, 0.2) is 5.76 Å². The van der Waals surface area contributed by atoms with Crippen LogP contribution in [0.2, 0.25) is 0 Å². The molecule has 2 unspecified atom stereocenters. The van der Waals surface area contributed by atoms with Gasteiger partial charge in [0, 0.05) is 18.9 Å². The summed E-state index contributed by atoms with van der Waals surface area (Å²) in [5.74, 6) is 0.0390. The van der Waals surface area contributed by atoms with Gasteiger partial charge in [0.1, 0.15) is 0 Å². The molecule has 1 fully saturated rings. The predicted molar refractivity (Wildman–Crippen MR) is 103 cm³/mol. The fourth-order valence-electron chi connectivity index (χ4n) is 3.58. The number of hydrogen-bond acceptors (Lipinski definition) is 6. The highest BCUT2D eigenvalue weighted by Crippen LogP contribution is 2.33. The zero-order chi connectivity index (χ0) is 19.1. The van der Waals surface area contributed by atoms with Crippen LogP contribution < -0.4 is 5.32 Å². The van der Waals surface area contributed by atoms with E-state index >= 15 is 0 Å². The lowest BCUT2D eigenvalue weighted by molar-refractivity contribution is -0.147. The maximum Gasteiger partial charge on any atom is 0.286 e. The van der Waals surface area contributed by atoms with Crippen LogP contribution in [0.4, 0.5) is 0 Å². The van der Waals surface area contributed by atoms with E-state index in [0.29, 0.717) is 19.4 Å². The first kappa shape index (κ1) is 20.3. The molecule has 0 saturated heterocycles. The van der Waals surface area contributed by atoms with Crippen LogP contribution in [0.5, 0.6) is 0 Å². The van der Waals surface area contributed by atoms with Crippen LogP contribution in [0.15, 0.2) is 28.7 Å². The molecule has 2 heterocycles. The molecule has 4 atom stereocenters. The summed E-state index contributed by atoms with van der Waals surface area (Å²) in [6.07, 6.45) is 6.48. The number of allylic oxidation sites excluding steroid dienone is 1. The van der Waals surface area contributed by atoms with E-state index in [1.165, 1.54) is 0 Å². The highest BCUT2D eigenvalue weighted by atomic mass is 32.1. The maximum atomic E-state index is 12.7. The van der Waals surface area contributed by atoms with Crippen molar-refractivity contribution in [3.05, 3.63) is 34.2 Å². The van der Waals surface area contributed by atoms with Crippen molar-refractivity contribution in [1.82, 2.24) is 5.32 Å². The molecule has 0 spiro atoms. The van der Waals surface area contributed by atoms with Crippen LogP contribution in [0.3, 0.4) is 0 Å². The Kier molecular flexibility index (Phi) is 7.70. The van der Waals surface area contributed by atoms with E-state index in [-0.39, 0.29) is 30.2 Å². The molecule has 1 amide bonds. The van der Waals surface area contributed by atoms with Crippen LogP contribution in [0.25, 0.3) is 0 Å². The third kappa shape index (κ3) is 5.78. The smallest absolute Gasteiger partial charge is 0.286 e. The topological polar surface area (TPSA) is 88.0 Å². The van der Waals surface area contributed by atoms with Crippen molar-refractivity contribution in [3.8, 4) is 0 Å². The van der Waals surface area contributed by atoms with Crippen molar-refractivity contribution in [2.24, 2.45) is 0 Å². The lowest BCUT2D eigenvalue weighted by atomic mass is 9.92. The van der Waals surface area contributed by atoms with Gasteiger partial charge in [-0.3, -0.25) is 4.79 Å². The SMILES string of the molecule is O=C(NC1CCCCC1O)C1=C[C@H](c2ccsc2)C[C@H](OCCCCO)O1. The Labute approximate surface area is 164 Å². The molecule has 2 aliphatic rings.